The van der Waals surface area contributed by atoms with Gasteiger partial charge in [-0.2, -0.15) is 0 Å². The van der Waals surface area contributed by atoms with Crippen molar-refractivity contribution in [1.29, 1.82) is 0 Å². The van der Waals surface area contributed by atoms with Crippen molar-refractivity contribution in [2.24, 2.45) is 0 Å². The van der Waals surface area contributed by atoms with Gasteiger partial charge in [0.05, 0.1) is 0 Å². The van der Waals surface area contributed by atoms with Crippen LogP contribution >= 0.6 is 0 Å². The molecular formula is C13H19N5O. The maximum Gasteiger partial charge on any atom is 0.220 e. The molecule has 1 unspecified atom stereocenters. The van der Waals surface area contributed by atoms with Crippen LogP contribution in [-0.4, -0.2) is 28.5 Å². The summed E-state index contributed by atoms with van der Waals surface area (Å²) < 4.78 is 0. The lowest BCUT2D eigenvalue weighted by atomic mass is 10.2. The van der Waals surface area contributed by atoms with Crippen molar-refractivity contribution in [2.45, 2.75) is 44.6 Å². The average Bonchev–Trinajstić information content (AvgIpc) is 3.15. The highest BCUT2D eigenvalue weighted by molar-refractivity contribution is 5.78. The molecular weight excluding hydrogens is 242 g/mol. The number of nitrogens with two attached hydrogens (primary N) is 1. The van der Waals surface area contributed by atoms with Crippen LogP contribution in [0.2, 0.25) is 0 Å². The number of carbonyl (C=O) groups excluding carboxylic acids is 1. The fourth-order valence-electron chi connectivity index (χ4n) is 2.30. The number of hydrogen-bond donors (Lipinski definition) is 3. The molecule has 6 nitrogen and oxygen atoms in total. The van der Waals surface area contributed by atoms with E-state index in [0.717, 1.165) is 36.5 Å². The molecule has 1 saturated carbocycles. The van der Waals surface area contributed by atoms with Crippen LogP contribution in [0, 0.1) is 6.92 Å². The summed E-state index contributed by atoms with van der Waals surface area (Å²) in [5.41, 5.74) is 6.82. The molecule has 2 aliphatic rings. The van der Waals surface area contributed by atoms with Gasteiger partial charge in [0.1, 0.15) is 17.5 Å². The highest BCUT2D eigenvalue weighted by atomic mass is 16.1. The van der Waals surface area contributed by atoms with E-state index >= 15 is 0 Å². The van der Waals surface area contributed by atoms with Gasteiger partial charge in [0.2, 0.25) is 5.91 Å². The third kappa shape index (κ3) is 2.62. The molecule has 1 aromatic rings. The van der Waals surface area contributed by atoms with Gasteiger partial charge in [-0.25, -0.2) is 9.97 Å². The van der Waals surface area contributed by atoms with E-state index in [9.17, 15) is 4.79 Å². The first-order valence-electron chi connectivity index (χ1n) is 6.80. The lowest BCUT2D eigenvalue weighted by Gasteiger charge is -2.15. The second kappa shape index (κ2) is 4.68. The van der Waals surface area contributed by atoms with Crippen molar-refractivity contribution in [3.63, 3.8) is 0 Å². The Labute approximate surface area is 112 Å². The number of nitrogens with zero attached hydrogens (tertiary/aromatic N) is 2. The molecule has 0 radical (unpaired) electrons. The van der Waals surface area contributed by atoms with Crippen LogP contribution in [0.4, 0.5) is 11.6 Å². The van der Waals surface area contributed by atoms with E-state index in [0.29, 0.717) is 24.7 Å². The number of aromatic nitrogens is 2. The summed E-state index contributed by atoms with van der Waals surface area (Å²) in [6, 6.07) is 0.187. The molecule has 3 rings (SSSR count). The van der Waals surface area contributed by atoms with E-state index in [1.807, 2.05) is 6.92 Å². The van der Waals surface area contributed by atoms with E-state index in [2.05, 4.69) is 20.6 Å². The summed E-state index contributed by atoms with van der Waals surface area (Å²) in [6.07, 6.45) is 3.80. The molecule has 1 aromatic heterocycles. The summed E-state index contributed by atoms with van der Waals surface area (Å²) in [5.74, 6) is 2.81. The minimum Gasteiger partial charge on any atom is -0.383 e. The highest BCUT2D eigenvalue weighted by Gasteiger charge is 2.28. The van der Waals surface area contributed by atoms with Crippen molar-refractivity contribution >= 4 is 17.5 Å². The maximum atomic E-state index is 11.2. The number of nitrogens with one attached hydrogen (secondary N) is 2. The molecule has 1 aliphatic carbocycles. The highest BCUT2D eigenvalue weighted by Crippen LogP contribution is 2.39. The minimum absolute atomic E-state index is 0.129. The lowest BCUT2D eigenvalue weighted by molar-refractivity contribution is -0.119. The van der Waals surface area contributed by atoms with Gasteiger partial charge in [0, 0.05) is 30.5 Å². The van der Waals surface area contributed by atoms with Gasteiger partial charge in [0.25, 0.3) is 0 Å². The molecule has 6 heteroatoms. The lowest BCUT2D eigenvalue weighted by Crippen LogP contribution is -2.32. The number of carbonyl (C=O) groups is 1. The van der Waals surface area contributed by atoms with Crippen LogP contribution in [0.3, 0.4) is 0 Å². The molecule has 0 spiro atoms. The number of hydrogen-bond acceptors (Lipinski definition) is 5. The molecule has 1 saturated heterocycles. The predicted octanol–water partition coefficient (Wildman–Crippen LogP) is 0.935. The SMILES string of the molecule is Cc1c(N)nc(C2CC2)nc1NCC1CCC(=O)N1. The molecule has 0 bridgehead atoms. The molecule has 2 fully saturated rings. The summed E-state index contributed by atoms with van der Waals surface area (Å²) >= 11 is 0. The third-order valence-corrected chi connectivity index (χ3v) is 3.74. The molecule has 1 amide bonds. The van der Waals surface area contributed by atoms with Crippen molar-refractivity contribution in [3.05, 3.63) is 11.4 Å². The molecule has 102 valence electrons. The van der Waals surface area contributed by atoms with Crippen LogP contribution in [0.15, 0.2) is 0 Å². The van der Waals surface area contributed by atoms with Gasteiger partial charge in [0.15, 0.2) is 0 Å². The normalized spacial score (nSPS) is 22.4. The Hall–Kier alpha value is -1.85. The Morgan fingerprint density at radius 1 is 1.37 bits per heavy atom. The maximum absolute atomic E-state index is 11.2. The van der Waals surface area contributed by atoms with Crippen LogP contribution in [0.5, 0.6) is 0 Å². The Morgan fingerprint density at radius 2 is 2.16 bits per heavy atom. The molecule has 2 heterocycles. The van der Waals surface area contributed by atoms with Gasteiger partial charge in [-0.15, -0.1) is 0 Å². The van der Waals surface area contributed by atoms with Crippen molar-refractivity contribution in [2.75, 3.05) is 17.6 Å². The largest absolute Gasteiger partial charge is 0.383 e. The quantitative estimate of drug-likeness (QED) is 0.750. The topological polar surface area (TPSA) is 92.9 Å². The molecule has 1 aliphatic heterocycles. The summed E-state index contributed by atoms with van der Waals surface area (Å²) in [4.78, 5) is 20.1. The predicted molar refractivity (Wildman–Crippen MR) is 72.8 cm³/mol. The zero-order valence-electron chi connectivity index (χ0n) is 11.1. The zero-order valence-corrected chi connectivity index (χ0v) is 11.1. The second-order valence-electron chi connectivity index (χ2n) is 5.40. The van der Waals surface area contributed by atoms with Crippen LogP contribution in [0.25, 0.3) is 0 Å². The summed E-state index contributed by atoms with van der Waals surface area (Å²) in [5, 5.41) is 6.23. The fourth-order valence-corrected chi connectivity index (χ4v) is 2.30. The van der Waals surface area contributed by atoms with Crippen molar-refractivity contribution in [1.82, 2.24) is 15.3 Å². The number of rotatable bonds is 4. The van der Waals surface area contributed by atoms with Crippen LogP contribution < -0.4 is 16.4 Å². The van der Waals surface area contributed by atoms with E-state index < -0.39 is 0 Å². The Bertz CT molecular complexity index is 512. The first kappa shape index (κ1) is 12.2. The zero-order chi connectivity index (χ0) is 13.4. The van der Waals surface area contributed by atoms with E-state index in [1.165, 1.54) is 0 Å². The number of nitrogen functional groups attached to an aromatic ring is 1. The van der Waals surface area contributed by atoms with Gasteiger partial charge in [-0.05, 0) is 26.2 Å². The number of amides is 1. The molecule has 4 N–H and O–H groups in total. The third-order valence-electron chi connectivity index (χ3n) is 3.74. The summed E-state index contributed by atoms with van der Waals surface area (Å²) in [6.45, 7) is 2.61. The van der Waals surface area contributed by atoms with E-state index in [1.54, 1.807) is 0 Å². The monoisotopic (exact) mass is 261 g/mol. The molecule has 1 atom stereocenters. The average molecular weight is 261 g/mol. The Morgan fingerprint density at radius 3 is 2.79 bits per heavy atom. The standard InChI is InChI=1S/C13H19N5O/c1-7-11(14)17-13(8-2-3-8)18-12(7)15-6-9-4-5-10(19)16-9/h8-9H,2-6H2,1H3,(H,16,19)(H3,14,15,17,18). The van der Waals surface area contributed by atoms with Crippen LogP contribution in [0.1, 0.15) is 43.0 Å². The van der Waals surface area contributed by atoms with Gasteiger partial charge in [-0.1, -0.05) is 0 Å². The van der Waals surface area contributed by atoms with E-state index in [-0.39, 0.29) is 11.9 Å². The summed E-state index contributed by atoms with van der Waals surface area (Å²) in [7, 11) is 0. The minimum atomic E-state index is 0.129. The molecule has 0 aromatic carbocycles. The second-order valence-corrected chi connectivity index (χ2v) is 5.40. The number of anilines is 2. The van der Waals surface area contributed by atoms with Crippen LogP contribution in [-0.2, 0) is 4.79 Å². The molecule has 19 heavy (non-hydrogen) atoms. The van der Waals surface area contributed by atoms with E-state index in [4.69, 9.17) is 5.73 Å². The smallest absolute Gasteiger partial charge is 0.220 e. The Kier molecular flexibility index (Phi) is 3.00. The van der Waals surface area contributed by atoms with Gasteiger partial charge < -0.3 is 16.4 Å². The first-order valence-corrected chi connectivity index (χ1v) is 6.80. The van der Waals surface area contributed by atoms with Crippen molar-refractivity contribution < 1.29 is 4.79 Å². The van der Waals surface area contributed by atoms with Gasteiger partial charge >= 0.3 is 0 Å². The fraction of sp³-hybridized carbons (Fsp3) is 0.615. The van der Waals surface area contributed by atoms with Crippen molar-refractivity contribution in [3.8, 4) is 0 Å². The first-order chi connectivity index (χ1) is 9.13. The Balaban J connectivity index is 1.70. The van der Waals surface area contributed by atoms with Gasteiger partial charge in [-0.3, -0.25) is 4.79 Å².